The van der Waals surface area contributed by atoms with Crippen LogP contribution in [0, 0.1) is 0 Å². The number of nitrogens with one attached hydrogen (secondary N) is 1. The van der Waals surface area contributed by atoms with Gasteiger partial charge in [-0.25, -0.2) is 10.4 Å². The molecule has 0 aliphatic heterocycles. The number of amides is 1. The minimum absolute atomic E-state index is 0.00282. The zero-order valence-corrected chi connectivity index (χ0v) is 13.3. The van der Waals surface area contributed by atoms with Crippen molar-refractivity contribution in [3.05, 3.63) is 59.8 Å². The Balaban J connectivity index is 1.78. The predicted molar refractivity (Wildman–Crippen MR) is 93.1 cm³/mol. The maximum absolute atomic E-state index is 12.1. The standard InChI is InChI=1S/C18H15N3O4/c1-25-13-6-8-15(22)12(9-13)10-19-21-18(24)14-7-5-11-3-2-4-16(23)17(11)20-14/h2-10,22-23H,1H3,(H,21,24). The van der Waals surface area contributed by atoms with Crippen molar-refractivity contribution in [2.75, 3.05) is 7.11 Å². The molecule has 0 bridgehead atoms. The predicted octanol–water partition coefficient (Wildman–Crippen LogP) is 2.42. The van der Waals surface area contributed by atoms with E-state index in [1.807, 2.05) is 0 Å². The van der Waals surface area contributed by atoms with Crippen molar-refractivity contribution in [2.45, 2.75) is 0 Å². The monoisotopic (exact) mass is 337 g/mol. The molecule has 126 valence electrons. The molecule has 0 saturated heterocycles. The van der Waals surface area contributed by atoms with E-state index < -0.39 is 5.91 Å². The quantitative estimate of drug-likeness (QED) is 0.501. The van der Waals surface area contributed by atoms with Crippen LogP contribution in [0.1, 0.15) is 16.1 Å². The minimum atomic E-state index is -0.538. The minimum Gasteiger partial charge on any atom is -0.507 e. The number of pyridine rings is 1. The van der Waals surface area contributed by atoms with Crippen LogP contribution in [-0.4, -0.2) is 34.4 Å². The molecule has 0 radical (unpaired) electrons. The summed E-state index contributed by atoms with van der Waals surface area (Å²) in [6, 6.07) is 12.9. The first kappa shape index (κ1) is 16.3. The number of hydrogen-bond acceptors (Lipinski definition) is 6. The van der Waals surface area contributed by atoms with Gasteiger partial charge in [0.05, 0.1) is 13.3 Å². The van der Waals surface area contributed by atoms with Crippen molar-refractivity contribution in [2.24, 2.45) is 5.10 Å². The summed E-state index contributed by atoms with van der Waals surface area (Å²) in [5, 5.41) is 24.1. The zero-order chi connectivity index (χ0) is 17.8. The van der Waals surface area contributed by atoms with E-state index >= 15 is 0 Å². The van der Waals surface area contributed by atoms with Crippen molar-refractivity contribution in [1.82, 2.24) is 10.4 Å². The second-order valence-electron chi connectivity index (χ2n) is 5.17. The Bertz CT molecular complexity index is 970. The van der Waals surface area contributed by atoms with Gasteiger partial charge in [0.25, 0.3) is 5.91 Å². The maximum Gasteiger partial charge on any atom is 0.289 e. The summed E-state index contributed by atoms with van der Waals surface area (Å²) in [5.74, 6) is 0.0190. The number of aromatic hydroxyl groups is 2. The number of hydrazone groups is 1. The normalized spacial score (nSPS) is 10.9. The molecule has 0 fully saturated rings. The summed E-state index contributed by atoms with van der Waals surface area (Å²) in [5.41, 5.74) is 3.17. The molecule has 0 saturated carbocycles. The number of methoxy groups -OCH3 is 1. The summed E-state index contributed by atoms with van der Waals surface area (Å²) >= 11 is 0. The van der Waals surface area contributed by atoms with Gasteiger partial charge < -0.3 is 14.9 Å². The molecule has 1 amide bonds. The molecule has 1 aromatic heterocycles. The molecular formula is C18H15N3O4. The summed E-state index contributed by atoms with van der Waals surface area (Å²) in [6.07, 6.45) is 1.30. The van der Waals surface area contributed by atoms with Gasteiger partial charge in [-0.15, -0.1) is 0 Å². The number of benzene rings is 2. The lowest BCUT2D eigenvalue weighted by atomic mass is 10.2. The van der Waals surface area contributed by atoms with Gasteiger partial charge in [0, 0.05) is 10.9 Å². The SMILES string of the molecule is COc1ccc(O)c(C=NNC(=O)c2ccc3cccc(O)c3n2)c1. The summed E-state index contributed by atoms with van der Waals surface area (Å²) < 4.78 is 5.06. The number of hydrogen-bond donors (Lipinski definition) is 3. The highest BCUT2D eigenvalue weighted by atomic mass is 16.5. The van der Waals surface area contributed by atoms with E-state index in [9.17, 15) is 15.0 Å². The molecule has 25 heavy (non-hydrogen) atoms. The van der Waals surface area contributed by atoms with Gasteiger partial charge in [-0.2, -0.15) is 5.10 Å². The van der Waals surface area contributed by atoms with Crippen LogP contribution in [0.4, 0.5) is 0 Å². The van der Waals surface area contributed by atoms with Gasteiger partial charge in [-0.1, -0.05) is 18.2 Å². The molecule has 7 nitrogen and oxygen atoms in total. The molecule has 7 heteroatoms. The smallest absolute Gasteiger partial charge is 0.289 e. The lowest BCUT2D eigenvalue weighted by Gasteiger charge is -2.04. The average molecular weight is 337 g/mol. The average Bonchev–Trinajstić information content (AvgIpc) is 2.63. The second kappa shape index (κ2) is 6.88. The van der Waals surface area contributed by atoms with Gasteiger partial charge in [-0.3, -0.25) is 4.79 Å². The summed E-state index contributed by atoms with van der Waals surface area (Å²) in [6.45, 7) is 0. The zero-order valence-electron chi connectivity index (χ0n) is 13.3. The highest BCUT2D eigenvalue weighted by Gasteiger charge is 2.09. The van der Waals surface area contributed by atoms with E-state index in [-0.39, 0.29) is 17.2 Å². The first-order valence-corrected chi connectivity index (χ1v) is 7.37. The number of aromatic nitrogens is 1. The van der Waals surface area contributed by atoms with E-state index in [1.165, 1.54) is 31.5 Å². The molecule has 0 aliphatic rings. The largest absolute Gasteiger partial charge is 0.507 e. The Morgan fingerprint density at radius 1 is 1.16 bits per heavy atom. The van der Waals surface area contributed by atoms with Gasteiger partial charge >= 0.3 is 0 Å². The van der Waals surface area contributed by atoms with Crippen LogP contribution < -0.4 is 10.2 Å². The number of nitrogens with zero attached hydrogens (tertiary/aromatic N) is 2. The van der Waals surface area contributed by atoms with Gasteiger partial charge in [0.15, 0.2) is 0 Å². The fourth-order valence-electron chi connectivity index (χ4n) is 2.24. The van der Waals surface area contributed by atoms with Crippen LogP contribution >= 0.6 is 0 Å². The molecule has 0 atom stereocenters. The third-order valence-electron chi connectivity index (χ3n) is 3.54. The van der Waals surface area contributed by atoms with Crippen LogP contribution in [0.15, 0.2) is 53.6 Å². The highest BCUT2D eigenvalue weighted by Crippen LogP contribution is 2.22. The van der Waals surface area contributed by atoms with Crippen LogP contribution in [0.25, 0.3) is 10.9 Å². The van der Waals surface area contributed by atoms with Crippen LogP contribution in [0.2, 0.25) is 0 Å². The number of phenolic OH excluding ortho intramolecular Hbond substituents is 2. The van der Waals surface area contributed by atoms with E-state index in [4.69, 9.17) is 4.74 Å². The number of phenols is 2. The molecule has 0 unspecified atom stereocenters. The Morgan fingerprint density at radius 3 is 2.80 bits per heavy atom. The van der Waals surface area contributed by atoms with E-state index in [2.05, 4.69) is 15.5 Å². The highest BCUT2D eigenvalue weighted by molar-refractivity contribution is 5.96. The molecular weight excluding hydrogens is 322 g/mol. The lowest BCUT2D eigenvalue weighted by Crippen LogP contribution is -2.19. The van der Waals surface area contributed by atoms with Crippen molar-refractivity contribution >= 4 is 23.0 Å². The molecule has 1 heterocycles. The number of carbonyl (C=O) groups is 1. The number of rotatable bonds is 4. The number of ether oxygens (including phenoxy) is 1. The Morgan fingerprint density at radius 2 is 2.00 bits per heavy atom. The van der Waals surface area contributed by atoms with Crippen molar-refractivity contribution in [3.63, 3.8) is 0 Å². The van der Waals surface area contributed by atoms with Crippen molar-refractivity contribution in [1.29, 1.82) is 0 Å². The van der Waals surface area contributed by atoms with E-state index in [1.54, 1.807) is 30.3 Å². The molecule has 0 spiro atoms. The Labute approximate surface area is 143 Å². The third kappa shape index (κ3) is 3.50. The van der Waals surface area contributed by atoms with Crippen LogP contribution in [0.3, 0.4) is 0 Å². The molecule has 3 rings (SSSR count). The molecule has 3 aromatic rings. The fraction of sp³-hybridized carbons (Fsp3) is 0.0556. The molecule has 3 N–H and O–H groups in total. The first-order valence-electron chi connectivity index (χ1n) is 7.37. The molecule has 0 aliphatic carbocycles. The Kier molecular flexibility index (Phi) is 4.47. The van der Waals surface area contributed by atoms with Crippen LogP contribution in [-0.2, 0) is 0 Å². The maximum atomic E-state index is 12.1. The van der Waals surface area contributed by atoms with Gasteiger partial charge in [-0.05, 0) is 30.3 Å². The van der Waals surface area contributed by atoms with Crippen LogP contribution in [0.5, 0.6) is 17.2 Å². The number of fused-ring (bicyclic) bond motifs is 1. The fourth-order valence-corrected chi connectivity index (χ4v) is 2.24. The topological polar surface area (TPSA) is 104 Å². The lowest BCUT2D eigenvalue weighted by molar-refractivity contribution is 0.0950. The number of carbonyl (C=O) groups excluding carboxylic acids is 1. The van der Waals surface area contributed by atoms with E-state index in [0.29, 0.717) is 16.8 Å². The van der Waals surface area contributed by atoms with Gasteiger partial charge in [0.2, 0.25) is 0 Å². The first-order chi connectivity index (χ1) is 12.1. The van der Waals surface area contributed by atoms with Crippen molar-refractivity contribution < 1.29 is 19.7 Å². The van der Waals surface area contributed by atoms with Gasteiger partial charge in [0.1, 0.15) is 28.5 Å². The summed E-state index contributed by atoms with van der Waals surface area (Å²) in [7, 11) is 1.51. The Hall–Kier alpha value is -3.61. The summed E-state index contributed by atoms with van der Waals surface area (Å²) in [4.78, 5) is 16.3. The third-order valence-corrected chi connectivity index (χ3v) is 3.54. The van der Waals surface area contributed by atoms with Crippen molar-refractivity contribution in [3.8, 4) is 17.2 Å². The second-order valence-corrected chi connectivity index (χ2v) is 5.17. The number of para-hydroxylation sites is 1. The molecule has 2 aromatic carbocycles. The van der Waals surface area contributed by atoms with E-state index in [0.717, 1.165) is 5.39 Å².